The SMILES string of the molecule is Cc1nnc(SCC(=O)Nc2cc(Cl)ccc2C)s1. The van der Waals surface area contributed by atoms with Crippen molar-refractivity contribution < 1.29 is 4.79 Å². The summed E-state index contributed by atoms with van der Waals surface area (Å²) in [5.41, 5.74) is 1.72. The van der Waals surface area contributed by atoms with Gasteiger partial charge in [-0.3, -0.25) is 4.79 Å². The molecule has 0 unspecified atom stereocenters. The number of thioether (sulfide) groups is 1. The van der Waals surface area contributed by atoms with Gasteiger partial charge in [-0.1, -0.05) is 40.8 Å². The van der Waals surface area contributed by atoms with Gasteiger partial charge in [0.2, 0.25) is 5.91 Å². The number of rotatable bonds is 4. The van der Waals surface area contributed by atoms with Gasteiger partial charge in [0.25, 0.3) is 0 Å². The molecule has 7 heteroatoms. The quantitative estimate of drug-likeness (QED) is 0.877. The lowest BCUT2D eigenvalue weighted by Crippen LogP contribution is -2.14. The normalized spacial score (nSPS) is 10.5. The first-order valence-electron chi connectivity index (χ1n) is 5.53. The van der Waals surface area contributed by atoms with Gasteiger partial charge < -0.3 is 5.32 Å². The number of aryl methyl sites for hydroxylation is 2. The number of nitrogens with zero attached hydrogens (tertiary/aromatic N) is 2. The van der Waals surface area contributed by atoms with Crippen LogP contribution in [0.15, 0.2) is 22.5 Å². The Labute approximate surface area is 124 Å². The molecule has 100 valence electrons. The molecule has 0 fully saturated rings. The van der Waals surface area contributed by atoms with Crippen molar-refractivity contribution in [1.82, 2.24) is 10.2 Å². The van der Waals surface area contributed by atoms with Crippen LogP contribution >= 0.6 is 34.7 Å². The average Bonchev–Trinajstić information content (AvgIpc) is 2.77. The van der Waals surface area contributed by atoms with E-state index in [1.54, 1.807) is 12.1 Å². The Bertz CT molecular complexity index is 600. The van der Waals surface area contributed by atoms with Gasteiger partial charge in [-0.25, -0.2) is 0 Å². The van der Waals surface area contributed by atoms with Gasteiger partial charge >= 0.3 is 0 Å². The lowest BCUT2D eigenvalue weighted by atomic mass is 10.2. The van der Waals surface area contributed by atoms with E-state index < -0.39 is 0 Å². The summed E-state index contributed by atoms with van der Waals surface area (Å²) in [6.45, 7) is 3.81. The largest absolute Gasteiger partial charge is 0.325 e. The molecule has 19 heavy (non-hydrogen) atoms. The first kappa shape index (κ1) is 14.3. The van der Waals surface area contributed by atoms with E-state index in [-0.39, 0.29) is 5.91 Å². The minimum atomic E-state index is -0.0804. The monoisotopic (exact) mass is 313 g/mol. The third-order valence-electron chi connectivity index (χ3n) is 2.31. The summed E-state index contributed by atoms with van der Waals surface area (Å²) in [6, 6.07) is 5.42. The predicted molar refractivity (Wildman–Crippen MR) is 80.2 cm³/mol. The fourth-order valence-corrected chi connectivity index (χ4v) is 3.17. The summed E-state index contributed by atoms with van der Waals surface area (Å²) in [5.74, 6) is 0.226. The van der Waals surface area contributed by atoms with E-state index in [1.807, 2.05) is 19.9 Å². The molecular formula is C12H12ClN3OS2. The fraction of sp³-hybridized carbons (Fsp3) is 0.250. The van der Waals surface area contributed by atoms with E-state index in [0.29, 0.717) is 10.8 Å². The van der Waals surface area contributed by atoms with Crippen LogP contribution in [0.2, 0.25) is 5.02 Å². The average molecular weight is 314 g/mol. The molecular weight excluding hydrogens is 302 g/mol. The Balaban J connectivity index is 1.92. The van der Waals surface area contributed by atoms with Crippen LogP contribution in [-0.2, 0) is 4.79 Å². The highest BCUT2D eigenvalue weighted by atomic mass is 35.5. The lowest BCUT2D eigenvalue weighted by molar-refractivity contribution is -0.113. The molecule has 2 rings (SSSR count). The second-order valence-electron chi connectivity index (χ2n) is 3.88. The first-order valence-corrected chi connectivity index (χ1v) is 7.71. The summed E-state index contributed by atoms with van der Waals surface area (Å²) in [7, 11) is 0. The van der Waals surface area contributed by atoms with Crippen molar-refractivity contribution in [3.63, 3.8) is 0 Å². The molecule has 0 atom stereocenters. The molecule has 0 saturated heterocycles. The van der Waals surface area contributed by atoms with Gasteiger partial charge in [-0.15, -0.1) is 10.2 Å². The van der Waals surface area contributed by atoms with E-state index in [0.717, 1.165) is 20.6 Å². The molecule has 1 amide bonds. The van der Waals surface area contributed by atoms with Crippen molar-refractivity contribution in [2.24, 2.45) is 0 Å². The molecule has 0 radical (unpaired) electrons. The van der Waals surface area contributed by atoms with Crippen molar-refractivity contribution in [3.8, 4) is 0 Å². The van der Waals surface area contributed by atoms with Crippen molar-refractivity contribution in [2.45, 2.75) is 18.2 Å². The Morgan fingerprint density at radius 1 is 1.42 bits per heavy atom. The molecule has 1 aromatic heterocycles. The Morgan fingerprint density at radius 2 is 2.21 bits per heavy atom. The fourth-order valence-electron chi connectivity index (χ4n) is 1.38. The zero-order valence-electron chi connectivity index (χ0n) is 10.4. The van der Waals surface area contributed by atoms with Crippen LogP contribution in [0.1, 0.15) is 10.6 Å². The highest BCUT2D eigenvalue weighted by molar-refractivity contribution is 8.01. The van der Waals surface area contributed by atoms with Gasteiger partial charge in [0.1, 0.15) is 5.01 Å². The molecule has 1 heterocycles. The number of halogens is 1. The third-order valence-corrected chi connectivity index (χ3v) is 4.52. The smallest absolute Gasteiger partial charge is 0.234 e. The van der Waals surface area contributed by atoms with Gasteiger partial charge in [0.15, 0.2) is 4.34 Å². The highest BCUT2D eigenvalue weighted by Crippen LogP contribution is 2.23. The predicted octanol–water partition coefficient (Wildman–Crippen LogP) is 3.54. The summed E-state index contributed by atoms with van der Waals surface area (Å²) >= 11 is 8.76. The van der Waals surface area contributed by atoms with Crippen LogP contribution in [0.5, 0.6) is 0 Å². The van der Waals surface area contributed by atoms with E-state index in [4.69, 9.17) is 11.6 Å². The highest BCUT2D eigenvalue weighted by Gasteiger charge is 2.08. The summed E-state index contributed by atoms with van der Waals surface area (Å²) < 4.78 is 0.801. The third kappa shape index (κ3) is 4.19. The Kier molecular flexibility index (Phi) is 4.79. The van der Waals surface area contributed by atoms with E-state index in [1.165, 1.54) is 23.1 Å². The lowest BCUT2D eigenvalue weighted by Gasteiger charge is -2.07. The maximum Gasteiger partial charge on any atom is 0.234 e. The summed E-state index contributed by atoms with van der Waals surface area (Å²) in [4.78, 5) is 11.8. The van der Waals surface area contributed by atoms with Gasteiger partial charge in [-0.05, 0) is 31.5 Å². The molecule has 2 aromatic rings. The van der Waals surface area contributed by atoms with E-state index in [2.05, 4.69) is 15.5 Å². The van der Waals surface area contributed by atoms with Gasteiger partial charge in [0.05, 0.1) is 5.75 Å². The Morgan fingerprint density at radius 3 is 2.89 bits per heavy atom. The molecule has 0 spiro atoms. The molecule has 1 N–H and O–H groups in total. The standard InChI is InChI=1S/C12H12ClN3OS2/c1-7-3-4-9(13)5-10(7)14-11(17)6-18-12-16-15-8(2)19-12/h3-5H,6H2,1-2H3,(H,14,17). The number of benzene rings is 1. The van der Waals surface area contributed by atoms with Crippen molar-refractivity contribution >= 4 is 46.3 Å². The Hall–Kier alpha value is -1.11. The number of anilines is 1. The molecule has 0 aliphatic heterocycles. The maximum absolute atomic E-state index is 11.8. The number of carbonyl (C=O) groups excluding carboxylic acids is 1. The van der Waals surface area contributed by atoms with E-state index >= 15 is 0 Å². The zero-order valence-corrected chi connectivity index (χ0v) is 12.8. The van der Waals surface area contributed by atoms with Crippen LogP contribution in [0.4, 0.5) is 5.69 Å². The number of amides is 1. The summed E-state index contributed by atoms with van der Waals surface area (Å²) in [5, 5.41) is 12.2. The minimum Gasteiger partial charge on any atom is -0.325 e. The second-order valence-corrected chi connectivity index (χ2v) is 6.72. The number of hydrogen-bond acceptors (Lipinski definition) is 5. The van der Waals surface area contributed by atoms with Crippen LogP contribution in [-0.4, -0.2) is 21.9 Å². The number of carbonyl (C=O) groups is 1. The first-order chi connectivity index (χ1) is 9.04. The molecule has 4 nitrogen and oxygen atoms in total. The summed E-state index contributed by atoms with van der Waals surface area (Å²) in [6.07, 6.45) is 0. The van der Waals surface area contributed by atoms with Crippen LogP contribution in [0.25, 0.3) is 0 Å². The molecule has 0 aliphatic carbocycles. The van der Waals surface area contributed by atoms with Crippen molar-refractivity contribution in [3.05, 3.63) is 33.8 Å². The number of nitrogens with one attached hydrogen (secondary N) is 1. The second kappa shape index (κ2) is 6.36. The van der Waals surface area contributed by atoms with Gasteiger partial charge in [0, 0.05) is 10.7 Å². The van der Waals surface area contributed by atoms with Crippen LogP contribution < -0.4 is 5.32 Å². The van der Waals surface area contributed by atoms with Crippen LogP contribution in [0.3, 0.4) is 0 Å². The van der Waals surface area contributed by atoms with Crippen molar-refractivity contribution in [1.29, 1.82) is 0 Å². The molecule has 1 aromatic carbocycles. The molecule has 0 saturated carbocycles. The minimum absolute atomic E-state index is 0.0804. The number of hydrogen-bond donors (Lipinski definition) is 1. The zero-order chi connectivity index (χ0) is 13.8. The molecule has 0 bridgehead atoms. The molecule has 0 aliphatic rings. The topological polar surface area (TPSA) is 54.9 Å². The number of aromatic nitrogens is 2. The van der Waals surface area contributed by atoms with Crippen LogP contribution in [0, 0.1) is 13.8 Å². The van der Waals surface area contributed by atoms with Crippen molar-refractivity contribution in [2.75, 3.05) is 11.1 Å². The van der Waals surface area contributed by atoms with Gasteiger partial charge in [-0.2, -0.15) is 0 Å². The van der Waals surface area contributed by atoms with E-state index in [9.17, 15) is 4.79 Å². The maximum atomic E-state index is 11.8.